The zero-order valence-corrected chi connectivity index (χ0v) is 11.4. The second-order valence-corrected chi connectivity index (χ2v) is 5.91. The number of nitrogens with zero attached hydrogens (tertiary/aromatic N) is 1. The third-order valence-electron chi connectivity index (χ3n) is 2.72. The first-order chi connectivity index (χ1) is 9.52. The van der Waals surface area contributed by atoms with E-state index in [4.69, 9.17) is 5.73 Å². The summed E-state index contributed by atoms with van der Waals surface area (Å²) in [6.45, 7) is 0.245. The van der Waals surface area contributed by atoms with Crippen LogP contribution in [0, 0.1) is 5.82 Å². The van der Waals surface area contributed by atoms with Gasteiger partial charge in [-0.1, -0.05) is 24.3 Å². The SMILES string of the molecule is NCc1ccccc1CS(=O)(=O)Nc1ccncc1F. The smallest absolute Gasteiger partial charge is 0.237 e. The number of rotatable bonds is 5. The largest absolute Gasteiger partial charge is 0.326 e. The van der Waals surface area contributed by atoms with E-state index in [2.05, 4.69) is 9.71 Å². The van der Waals surface area contributed by atoms with Crippen LogP contribution in [-0.2, 0) is 22.3 Å². The molecule has 20 heavy (non-hydrogen) atoms. The van der Waals surface area contributed by atoms with E-state index in [0.717, 1.165) is 11.8 Å². The van der Waals surface area contributed by atoms with E-state index in [1.54, 1.807) is 24.3 Å². The van der Waals surface area contributed by atoms with Crippen molar-refractivity contribution in [3.63, 3.8) is 0 Å². The monoisotopic (exact) mass is 295 g/mol. The van der Waals surface area contributed by atoms with E-state index >= 15 is 0 Å². The van der Waals surface area contributed by atoms with Crippen LogP contribution in [0.4, 0.5) is 10.1 Å². The minimum atomic E-state index is -3.72. The maximum absolute atomic E-state index is 13.4. The van der Waals surface area contributed by atoms with Crippen LogP contribution in [0.25, 0.3) is 0 Å². The van der Waals surface area contributed by atoms with Gasteiger partial charge < -0.3 is 5.73 Å². The van der Waals surface area contributed by atoms with Gasteiger partial charge in [0.15, 0.2) is 5.82 Å². The van der Waals surface area contributed by atoms with Gasteiger partial charge in [0.1, 0.15) is 0 Å². The molecule has 0 spiro atoms. The van der Waals surface area contributed by atoms with Gasteiger partial charge in [0.25, 0.3) is 0 Å². The normalized spacial score (nSPS) is 11.3. The number of hydrogen-bond donors (Lipinski definition) is 2. The Morgan fingerprint density at radius 3 is 2.55 bits per heavy atom. The van der Waals surface area contributed by atoms with Gasteiger partial charge in [-0.2, -0.15) is 0 Å². The summed E-state index contributed by atoms with van der Waals surface area (Å²) in [6.07, 6.45) is 2.26. The number of halogens is 1. The van der Waals surface area contributed by atoms with Gasteiger partial charge in [0.2, 0.25) is 10.0 Å². The lowest BCUT2D eigenvalue weighted by molar-refractivity contribution is 0.597. The number of nitrogens with two attached hydrogens (primary N) is 1. The lowest BCUT2D eigenvalue weighted by Crippen LogP contribution is -2.17. The first-order valence-electron chi connectivity index (χ1n) is 5.88. The van der Waals surface area contributed by atoms with E-state index in [0.29, 0.717) is 5.56 Å². The Labute approximate surface area is 116 Å². The van der Waals surface area contributed by atoms with Gasteiger partial charge >= 0.3 is 0 Å². The lowest BCUT2D eigenvalue weighted by Gasteiger charge is -2.11. The summed E-state index contributed by atoms with van der Waals surface area (Å²) in [6, 6.07) is 8.23. The minimum absolute atomic E-state index is 0.120. The van der Waals surface area contributed by atoms with Crippen molar-refractivity contribution in [2.75, 3.05) is 4.72 Å². The van der Waals surface area contributed by atoms with Gasteiger partial charge in [-0.3, -0.25) is 9.71 Å². The molecule has 1 heterocycles. The molecule has 1 aromatic heterocycles. The quantitative estimate of drug-likeness (QED) is 0.877. The summed E-state index contributed by atoms with van der Waals surface area (Å²) in [7, 11) is -3.72. The molecule has 0 fully saturated rings. The van der Waals surface area contributed by atoms with Crippen LogP contribution in [-0.4, -0.2) is 13.4 Å². The van der Waals surface area contributed by atoms with Crippen molar-refractivity contribution in [1.82, 2.24) is 4.98 Å². The van der Waals surface area contributed by atoms with Crippen LogP contribution < -0.4 is 10.5 Å². The molecule has 0 aliphatic heterocycles. The van der Waals surface area contributed by atoms with Crippen LogP contribution in [0.2, 0.25) is 0 Å². The molecule has 3 N–H and O–H groups in total. The number of pyridine rings is 1. The Kier molecular flexibility index (Phi) is 4.31. The summed E-state index contributed by atoms with van der Waals surface area (Å²) >= 11 is 0. The molecule has 0 unspecified atom stereocenters. The van der Waals surface area contributed by atoms with E-state index < -0.39 is 15.8 Å². The number of anilines is 1. The molecular formula is C13H14FN3O2S. The Hall–Kier alpha value is -1.99. The van der Waals surface area contributed by atoms with Gasteiger partial charge in [-0.05, 0) is 17.2 Å². The highest BCUT2D eigenvalue weighted by Crippen LogP contribution is 2.17. The average molecular weight is 295 g/mol. The number of benzene rings is 1. The van der Waals surface area contributed by atoms with E-state index in [1.165, 1.54) is 12.3 Å². The van der Waals surface area contributed by atoms with Crippen LogP contribution >= 0.6 is 0 Å². The molecule has 0 saturated carbocycles. The molecule has 0 bridgehead atoms. The third kappa shape index (κ3) is 3.52. The van der Waals surface area contributed by atoms with Crippen molar-refractivity contribution in [3.8, 4) is 0 Å². The highest BCUT2D eigenvalue weighted by Gasteiger charge is 2.15. The highest BCUT2D eigenvalue weighted by molar-refractivity contribution is 7.91. The van der Waals surface area contributed by atoms with Crippen molar-refractivity contribution in [2.24, 2.45) is 5.73 Å². The summed E-state index contributed by atoms with van der Waals surface area (Å²) in [5, 5.41) is 0. The highest BCUT2D eigenvalue weighted by atomic mass is 32.2. The average Bonchev–Trinajstić information content (AvgIpc) is 2.41. The topological polar surface area (TPSA) is 85.1 Å². The molecule has 0 saturated heterocycles. The third-order valence-corrected chi connectivity index (χ3v) is 3.94. The number of nitrogens with one attached hydrogen (secondary N) is 1. The number of hydrogen-bond acceptors (Lipinski definition) is 4. The summed E-state index contributed by atoms with van der Waals surface area (Å²) in [4.78, 5) is 3.56. The maximum atomic E-state index is 13.4. The maximum Gasteiger partial charge on any atom is 0.237 e. The molecule has 1 aromatic carbocycles. The Balaban J connectivity index is 2.22. The predicted octanol–water partition coefficient (Wildman–Crippen LogP) is 1.62. The van der Waals surface area contributed by atoms with E-state index in [-0.39, 0.29) is 18.0 Å². The summed E-state index contributed by atoms with van der Waals surface area (Å²) < 4.78 is 39.7. The fourth-order valence-corrected chi connectivity index (χ4v) is 3.03. The van der Waals surface area contributed by atoms with Crippen LogP contribution in [0.5, 0.6) is 0 Å². The second kappa shape index (κ2) is 5.98. The molecular weight excluding hydrogens is 281 g/mol. The molecule has 2 rings (SSSR count). The molecule has 0 amide bonds. The van der Waals surface area contributed by atoms with Crippen LogP contribution in [0.3, 0.4) is 0 Å². The standard InChI is InChI=1S/C13H14FN3O2S/c14-12-8-16-6-5-13(12)17-20(18,19)9-11-4-2-1-3-10(11)7-15/h1-6,8H,7,9,15H2,(H,16,17). The van der Waals surface area contributed by atoms with E-state index in [1.807, 2.05) is 0 Å². The molecule has 106 valence electrons. The first-order valence-corrected chi connectivity index (χ1v) is 7.54. The zero-order chi connectivity index (χ0) is 14.6. The molecule has 2 aromatic rings. The molecule has 0 radical (unpaired) electrons. The zero-order valence-electron chi connectivity index (χ0n) is 10.6. The summed E-state index contributed by atoms with van der Waals surface area (Å²) in [5.74, 6) is -0.981. The van der Waals surface area contributed by atoms with Crippen molar-refractivity contribution in [2.45, 2.75) is 12.3 Å². The molecule has 7 heteroatoms. The van der Waals surface area contributed by atoms with Crippen molar-refractivity contribution < 1.29 is 12.8 Å². The molecule has 0 aliphatic rings. The van der Waals surface area contributed by atoms with Gasteiger partial charge in [0.05, 0.1) is 17.6 Å². The van der Waals surface area contributed by atoms with E-state index in [9.17, 15) is 12.8 Å². The molecule has 5 nitrogen and oxygen atoms in total. The van der Waals surface area contributed by atoms with Crippen LogP contribution in [0.1, 0.15) is 11.1 Å². The van der Waals surface area contributed by atoms with Crippen LogP contribution in [0.15, 0.2) is 42.7 Å². The Morgan fingerprint density at radius 2 is 1.90 bits per heavy atom. The first kappa shape index (κ1) is 14.4. The predicted molar refractivity (Wildman–Crippen MR) is 74.8 cm³/mol. The van der Waals surface area contributed by atoms with Crippen molar-refractivity contribution in [3.05, 3.63) is 59.7 Å². The van der Waals surface area contributed by atoms with Gasteiger partial charge in [-0.25, -0.2) is 12.8 Å². The molecule has 0 atom stereocenters. The lowest BCUT2D eigenvalue weighted by atomic mass is 10.1. The number of aromatic nitrogens is 1. The summed E-state index contributed by atoms with van der Waals surface area (Å²) in [5.41, 5.74) is 6.78. The van der Waals surface area contributed by atoms with Crippen molar-refractivity contribution >= 4 is 15.7 Å². The van der Waals surface area contributed by atoms with Crippen molar-refractivity contribution in [1.29, 1.82) is 0 Å². The second-order valence-electron chi connectivity index (χ2n) is 4.19. The molecule has 0 aliphatic carbocycles. The van der Waals surface area contributed by atoms with Gasteiger partial charge in [0, 0.05) is 12.7 Å². The Bertz CT molecular complexity index is 704. The fourth-order valence-electron chi connectivity index (χ4n) is 1.76. The van der Waals surface area contributed by atoms with Gasteiger partial charge in [-0.15, -0.1) is 0 Å². The minimum Gasteiger partial charge on any atom is -0.326 e. The fraction of sp³-hybridized carbons (Fsp3) is 0.154. The Morgan fingerprint density at radius 1 is 1.20 bits per heavy atom. The number of sulfonamides is 1.